The summed E-state index contributed by atoms with van der Waals surface area (Å²) in [6.45, 7) is 4.71. The molecule has 2 aromatic rings. The van der Waals surface area contributed by atoms with Crippen LogP contribution in [0.3, 0.4) is 0 Å². The quantitative estimate of drug-likeness (QED) is 0.673. The Hall–Kier alpha value is -1.63. The van der Waals surface area contributed by atoms with Crippen LogP contribution in [0.25, 0.3) is 10.9 Å². The van der Waals surface area contributed by atoms with E-state index in [0.717, 1.165) is 23.0 Å². The maximum absolute atomic E-state index is 12.2. The molecule has 0 aliphatic rings. The minimum absolute atomic E-state index is 0. The van der Waals surface area contributed by atoms with E-state index in [1.807, 2.05) is 19.1 Å². The zero-order valence-electron chi connectivity index (χ0n) is 12.2. The first-order valence-corrected chi connectivity index (χ1v) is 6.64. The van der Waals surface area contributed by atoms with Crippen molar-refractivity contribution in [1.82, 2.24) is 20.8 Å². The minimum atomic E-state index is -0.0866. The predicted molar refractivity (Wildman–Crippen MR) is 85.2 cm³/mol. The normalized spacial score (nSPS) is 10.4. The molecule has 0 radical (unpaired) electrons. The standard InChI is InChI=1S/C14H20N4O2.ClH/c1-10-7-11-9-17-18-13(11)12(8-10)14(19)16-4-3-15-5-6-20-2;/h7-9,15H,3-6H2,1-2H3,(H,16,19)(H,17,18);1H. The number of carbonyl (C=O) groups is 1. The van der Waals surface area contributed by atoms with Crippen molar-refractivity contribution in [3.63, 3.8) is 0 Å². The number of benzene rings is 1. The van der Waals surface area contributed by atoms with Crippen LogP contribution in [0, 0.1) is 6.92 Å². The molecular weight excluding hydrogens is 292 g/mol. The third kappa shape index (κ3) is 4.70. The second-order valence-corrected chi connectivity index (χ2v) is 4.65. The second kappa shape index (κ2) is 8.61. The van der Waals surface area contributed by atoms with Crippen molar-refractivity contribution in [2.45, 2.75) is 6.92 Å². The molecule has 0 atom stereocenters. The molecule has 1 amide bonds. The maximum atomic E-state index is 12.2. The van der Waals surface area contributed by atoms with Gasteiger partial charge in [0.15, 0.2) is 0 Å². The topological polar surface area (TPSA) is 79.0 Å². The van der Waals surface area contributed by atoms with Crippen LogP contribution in [0.15, 0.2) is 18.3 Å². The monoisotopic (exact) mass is 312 g/mol. The number of nitrogens with zero attached hydrogens (tertiary/aromatic N) is 1. The van der Waals surface area contributed by atoms with E-state index in [1.54, 1.807) is 13.3 Å². The van der Waals surface area contributed by atoms with Crippen LogP contribution in [0.2, 0.25) is 0 Å². The van der Waals surface area contributed by atoms with Crippen LogP contribution in [0.4, 0.5) is 0 Å². The lowest BCUT2D eigenvalue weighted by Gasteiger charge is -2.08. The zero-order chi connectivity index (χ0) is 14.4. The van der Waals surface area contributed by atoms with E-state index in [0.29, 0.717) is 25.3 Å². The molecule has 3 N–H and O–H groups in total. The van der Waals surface area contributed by atoms with Crippen LogP contribution >= 0.6 is 12.4 Å². The molecule has 0 aliphatic heterocycles. The molecule has 0 unspecified atom stereocenters. The number of nitrogens with one attached hydrogen (secondary N) is 3. The van der Waals surface area contributed by atoms with Gasteiger partial charge in [-0.3, -0.25) is 9.89 Å². The third-order valence-electron chi connectivity index (χ3n) is 3.01. The Labute approximate surface area is 130 Å². The van der Waals surface area contributed by atoms with Crippen molar-refractivity contribution in [3.8, 4) is 0 Å². The number of hydrogen-bond acceptors (Lipinski definition) is 4. The van der Waals surface area contributed by atoms with Gasteiger partial charge in [0, 0.05) is 32.1 Å². The summed E-state index contributed by atoms with van der Waals surface area (Å²) in [6.07, 6.45) is 1.73. The molecule has 0 aliphatic carbocycles. The third-order valence-corrected chi connectivity index (χ3v) is 3.01. The van der Waals surface area contributed by atoms with E-state index in [4.69, 9.17) is 4.74 Å². The average molecular weight is 313 g/mol. The molecule has 0 fully saturated rings. The summed E-state index contributed by atoms with van der Waals surface area (Å²) < 4.78 is 4.93. The van der Waals surface area contributed by atoms with E-state index < -0.39 is 0 Å². The van der Waals surface area contributed by atoms with Crippen LogP contribution in [0.1, 0.15) is 15.9 Å². The summed E-state index contributed by atoms with van der Waals surface area (Å²) in [4.78, 5) is 12.2. The summed E-state index contributed by atoms with van der Waals surface area (Å²) in [5.74, 6) is -0.0866. The van der Waals surface area contributed by atoms with Gasteiger partial charge in [0.2, 0.25) is 0 Å². The minimum Gasteiger partial charge on any atom is -0.383 e. The lowest BCUT2D eigenvalue weighted by Crippen LogP contribution is -2.33. The molecular formula is C14H21ClN4O2. The number of aromatic nitrogens is 2. The van der Waals surface area contributed by atoms with Gasteiger partial charge in [-0.1, -0.05) is 0 Å². The van der Waals surface area contributed by atoms with E-state index in [2.05, 4.69) is 20.8 Å². The summed E-state index contributed by atoms with van der Waals surface area (Å²) in [5.41, 5.74) is 2.46. The van der Waals surface area contributed by atoms with Crippen molar-refractivity contribution in [2.24, 2.45) is 0 Å². The fraction of sp³-hybridized carbons (Fsp3) is 0.429. The first-order valence-electron chi connectivity index (χ1n) is 6.64. The van der Waals surface area contributed by atoms with Gasteiger partial charge >= 0.3 is 0 Å². The van der Waals surface area contributed by atoms with Crippen molar-refractivity contribution >= 4 is 29.2 Å². The van der Waals surface area contributed by atoms with E-state index in [9.17, 15) is 4.79 Å². The molecule has 0 bridgehead atoms. The number of hydrogen-bond donors (Lipinski definition) is 3. The molecule has 1 aromatic carbocycles. The molecule has 1 aromatic heterocycles. The number of amides is 1. The average Bonchev–Trinajstić information content (AvgIpc) is 2.89. The first-order chi connectivity index (χ1) is 9.72. The Balaban J connectivity index is 0.00000220. The highest BCUT2D eigenvalue weighted by atomic mass is 35.5. The second-order valence-electron chi connectivity index (χ2n) is 4.65. The summed E-state index contributed by atoms with van der Waals surface area (Å²) in [6, 6.07) is 3.87. The Bertz CT molecular complexity index is 585. The van der Waals surface area contributed by atoms with E-state index in [1.165, 1.54) is 0 Å². The lowest BCUT2D eigenvalue weighted by molar-refractivity contribution is 0.0955. The number of carbonyl (C=O) groups excluding carboxylic acids is 1. The van der Waals surface area contributed by atoms with Crippen molar-refractivity contribution in [2.75, 3.05) is 33.4 Å². The SMILES string of the molecule is COCCNCCNC(=O)c1cc(C)cc2cn[nH]c12.Cl. The van der Waals surface area contributed by atoms with Gasteiger partial charge in [-0.05, 0) is 24.6 Å². The highest BCUT2D eigenvalue weighted by Crippen LogP contribution is 2.18. The molecule has 0 spiro atoms. The molecule has 0 saturated heterocycles. The number of aryl methyl sites for hydroxylation is 1. The molecule has 7 heteroatoms. The van der Waals surface area contributed by atoms with Gasteiger partial charge in [0.25, 0.3) is 5.91 Å². The molecule has 116 valence electrons. The number of aromatic amines is 1. The largest absolute Gasteiger partial charge is 0.383 e. The van der Waals surface area contributed by atoms with E-state index in [-0.39, 0.29) is 18.3 Å². The van der Waals surface area contributed by atoms with Gasteiger partial charge in [-0.15, -0.1) is 12.4 Å². The number of H-pyrrole nitrogens is 1. The number of ether oxygens (including phenoxy) is 1. The summed E-state index contributed by atoms with van der Waals surface area (Å²) >= 11 is 0. The molecule has 6 nitrogen and oxygen atoms in total. The van der Waals surface area contributed by atoms with Crippen LogP contribution in [-0.4, -0.2) is 49.5 Å². The Morgan fingerprint density at radius 1 is 1.33 bits per heavy atom. The van der Waals surface area contributed by atoms with Crippen molar-refractivity contribution in [1.29, 1.82) is 0 Å². The van der Waals surface area contributed by atoms with Gasteiger partial charge in [0.1, 0.15) is 0 Å². The summed E-state index contributed by atoms with van der Waals surface area (Å²) in [5, 5.41) is 13.9. The van der Waals surface area contributed by atoms with Crippen LogP contribution in [-0.2, 0) is 4.74 Å². The van der Waals surface area contributed by atoms with Gasteiger partial charge in [-0.25, -0.2) is 0 Å². The van der Waals surface area contributed by atoms with Gasteiger partial charge < -0.3 is 15.4 Å². The fourth-order valence-corrected chi connectivity index (χ4v) is 2.05. The Kier molecular flexibility index (Phi) is 7.14. The first kappa shape index (κ1) is 17.4. The molecule has 0 saturated carbocycles. The lowest BCUT2D eigenvalue weighted by atomic mass is 10.1. The van der Waals surface area contributed by atoms with Crippen molar-refractivity contribution < 1.29 is 9.53 Å². The number of rotatable bonds is 7. The summed E-state index contributed by atoms with van der Waals surface area (Å²) in [7, 11) is 1.66. The highest BCUT2D eigenvalue weighted by molar-refractivity contribution is 6.05. The Morgan fingerprint density at radius 2 is 2.14 bits per heavy atom. The van der Waals surface area contributed by atoms with Crippen LogP contribution in [0.5, 0.6) is 0 Å². The molecule has 2 rings (SSSR count). The highest BCUT2D eigenvalue weighted by Gasteiger charge is 2.11. The predicted octanol–water partition coefficient (Wildman–Crippen LogP) is 1.26. The van der Waals surface area contributed by atoms with Gasteiger partial charge in [0.05, 0.1) is 23.9 Å². The van der Waals surface area contributed by atoms with E-state index >= 15 is 0 Å². The zero-order valence-corrected chi connectivity index (χ0v) is 13.0. The fourth-order valence-electron chi connectivity index (χ4n) is 2.05. The number of methoxy groups -OCH3 is 1. The maximum Gasteiger partial charge on any atom is 0.253 e. The Morgan fingerprint density at radius 3 is 2.90 bits per heavy atom. The number of fused-ring (bicyclic) bond motifs is 1. The van der Waals surface area contributed by atoms with Crippen LogP contribution < -0.4 is 10.6 Å². The number of halogens is 1. The van der Waals surface area contributed by atoms with Gasteiger partial charge in [-0.2, -0.15) is 5.10 Å². The molecule has 1 heterocycles. The smallest absolute Gasteiger partial charge is 0.253 e. The van der Waals surface area contributed by atoms with Crippen molar-refractivity contribution in [3.05, 3.63) is 29.5 Å². The molecule has 21 heavy (non-hydrogen) atoms.